The molecule has 9 heteroatoms. The van der Waals surface area contributed by atoms with Crippen LogP contribution >= 0.6 is 0 Å². The number of aromatic carboxylic acids is 1. The minimum Gasteiger partial charge on any atom is -0.478 e. The summed E-state index contributed by atoms with van der Waals surface area (Å²) in [5.74, 6) is -1.43. The molecular weight excluding hydrogens is 398 g/mol. The molecule has 0 saturated carbocycles. The number of benzene rings is 1. The van der Waals surface area contributed by atoms with Gasteiger partial charge in [-0.05, 0) is 35.4 Å². The van der Waals surface area contributed by atoms with E-state index >= 15 is 0 Å². The summed E-state index contributed by atoms with van der Waals surface area (Å²) < 4.78 is 1.40. The smallest absolute Gasteiger partial charge is 0.335 e. The molecule has 31 heavy (non-hydrogen) atoms. The number of hydrogen-bond donors (Lipinski definition) is 2. The first-order chi connectivity index (χ1) is 15.0. The van der Waals surface area contributed by atoms with Crippen molar-refractivity contribution in [3.05, 3.63) is 100 Å². The van der Waals surface area contributed by atoms with Gasteiger partial charge in [0.05, 0.1) is 35.5 Å². The van der Waals surface area contributed by atoms with Crippen LogP contribution in [0.2, 0.25) is 0 Å². The Bertz CT molecular complexity index is 1320. The number of rotatable bonds is 6. The second kappa shape index (κ2) is 8.54. The van der Waals surface area contributed by atoms with Crippen molar-refractivity contribution in [3.63, 3.8) is 0 Å². The third-order valence-electron chi connectivity index (χ3n) is 4.67. The summed E-state index contributed by atoms with van der Waals surface area (Å²) in [5.41, 5.74) is 1.92. The fraction of sp³-hybridized carbons (Fsp3) is 0.0909. The zero-order chi connectivity index (χ0) is 21.8. The lowest BCUT2D eigenvalue weighted by atomic mass is 10.1. The highest BCUT2D eigenvalue weighted by molar-refractivity contribution is 5.95. The Morgan fingerprint density at radius 3 is 2.55 bits per heavy atom. The summed E-state index contributed by atoms with van der Waals surface area (Å²) >= 11 is 0. The number of carboxylic acids is 1. The lowest BCUT2D eigenvalue weighted by Gasteiger charge is -2.08. The van der Waals surface area contributed by atoms with Gasteiger partial charge in [0, 0.05) is 18.9 Å². The Hall–Kier alpha value is -4.40. The van der Waals surface area contributed by atoms with Gasteiger partial charge in [-0.15, -0.1) is 0 Å². The van der Waals surface area contributed by atoms with Crippen LogP contribution in [0.3, 0.4) is 0 Å². The van der Waals surface area contributed by atoms with Gasteiger partial charge in [0.15, 0.2) is 0 Å². The number of fused-ring (bicyclic) bond motifs is 1. The standard InChI is InChI=1S/C22H17N5O4/c28-20(25-10-15-2-1-7-23-9-15)18-8-17-19(11-24-18)26-13-27(21(17)29)12-14-3-5-16(6-4-14)22(30)31/h1-9,11,13H,10,12H2,(H,25,28)(H,30,31). The monoisotopic (exact) mass is 415 g/mol. The summed E-state index contributed by atoms with van der Waals surface area (Å²) in [6.07, 6.45) is 6.09. The minimum atomic E-state index is -1.02. The average molecular weight is 415 g/mol. The SMILES string of the molecule is O=C(O)c1ccc(Cn2cnc3cnc(C(=O)NCc4cccnc4)cc3c2=O)cc1. The van der Waals surface area contributed by atoms with Gasteiger partial charge in [-0.25, -0.2) is 14.8 Å². The van der Waals surface area contributed by atoms with Crippen LogP contribution in [-0.2, 0) is 13.1 Å². The van der Waals surface area contributed by atoms with Crippen molar-refractivity contribution >= 4 is 22.8 Å². The van der Waals surface area contributed by atoms with Crippen molar-refractivity contribution in [2.45, 2.75) is 13.1 Å². The molecule has 0 atom stereocenters. The number of carboxylic acid groups (broad SMARTS) is 1. The van der Waals surface area contributed by atoms with E-state index in [-0.39, 0.29) is 35.3 Å². The van der Waals surface area contributed by atoms with Gasteiger partial charge in [-0.2, -0.15) is 0 Å². The third kappa shape index (κ3) is 4.45. The van der Waals surface area contributed by atoms with E-state index < -0.39 is 11.9 Å². The molecular formula is C22H17N5O4. The molecule has 2 N–H and O–H groups in total. The largest absolute Gasteiger partial charge is 0.478 e. The molecule has 4 rings (SSSR count). The maximum absolute atomic E-state index is 12.9. The van der Waals surface area contributed by atoms with Gasteiger partial charge >= 0.3 is 5.97 Å². The predicted molar refractivity (Wildman–Crippen MR) is 112 cm³/mol. The van der Waals surface area contributed by atoms with Crippen molar-refractivity contribution in [2.24, 2.45) is 0 Å². The van der Waals surface area contributed by atoms with Crippen LogP contribution in [0, 0.1) is 0 Å². The Balaban J connectivity index is 1.57. The van der Waals surface area contributed by atoms with Crippen LogP contribution in [-0.4, -0.2) is 36.5 Å². The maximum atomic E-state index is 12.9. The summed E-state index contributed by atoms with van der Waals surface area (Å²) in [4.78, 5) is 48.7. The highest BCUT2D eigenvalue weighted by Crippen LogP contribution is 2.10. The highest BCUT2D eigenvalue weighted by Gasteiger charge is 2.12. The third-order valence-corrected chi connectivity index (χ3v) is 4.67. The maximum Gasteiger partial charge on any atom is 0.335 e. The molecule has 9 nitrogen and oxygen atoms in total. The van der Waals surface area contributed by atoms with Crippen LogP contribution in [0.1, 0.15) is 32.0 Å². The van der Waals surface area contributed by atoms with E-state index in [1.165, 1.54) is 35.3 Å². The first-order valence-corrected chi connectivity index (χ1v) is 9.36. The molecule has 0 aliphatic carbocycles. The molecule has 1 aromatic carbocycles. The molecule has 3 aromatic heterocycles. The summed E-state index contributed by atoms with van der Waals surface area (Å²) in [6, 6.07) is 11.3. The van der Waals surface area contributed by atoms with E-state index in [0.29, 0.717) is 5.52 Å². The summed E-state index contributed by atoms with van der Waals surface area (Å²) in [5, 5.41) is 12.0. The Labute approximate surface area is 176 Å². The molecule has 0 unspecified atom stereocenters. The molecule has 1 amide bonds. The second-order valence-electron chi connectivity index (χ2n) is 6.81. The van der Waals surface area contributed by atoms with Crippen molar-refractivity contribution in [1.29, 1.82) is 0 Å². The normalized spacial score (nSPS) is 10.7. The number of aromatic nitrogens is 4. The van der Waals surface area contributed by atoms with Crippen molar-refractivity contribution in [1.82, 2.24) is 24.8 Å². The van der Waals surface area contributed by atoms with Crippen molar-refractivity contribution in [3.8, 4) is 0 Å². The van der Waals surface area contributed by atoms with E-state index in [9.17, 15) is 14.4 Å². The van der Waals surface area contributed by atoms with E-state index in [1.54, 1.807) is 30.6 Å². The number of nitrogens with zero attached hydrogens (tertiary/aromatic N) is 4. The number of carbonyl (C=O) groups is 2. The number of amides is 1. The molecule has 0 aliphatic rings. The number of nitrogens with one attached hydrogen (secondary N) is 1. The van der Waals surface area contributed by atoms with Crippen LogP contribution in [0.5, 0.6) is 0 Å². The fourth-order valence-corrected chi connectivity index (χ4v) is 3.02. The molecule has 4 aromatic rings. The zero-order valence-electron chi connectivity index (χ0n) is 16.2. The second-order valence-corrected chi connectivity index (χ2v) is 6.81. The Kier molecular flexibility index (Phi) is 5.48. The molecule has 154 valence electrons. The van der Waals surface area contributed by atoms with E-state index in [1.807, 2.05) is 6.07 Å². The Morgan fingerprint density at radius 2 is 1.84 bits per heavy atom. The minimum absolute atomic E-state index is 0.110. The van der Waals surface area contributed by atoms with Crippen molar-refractivity contribution in [2.75, 3.05) is 0 Å². The zero-order valence-corrected chi connectivity index (χ0v) is 16.2. The molecule has 0 saturated heterocycles. The van der Waals surface area contributed by atoms with Gasteiger partial charge in [0.1, 0.15) is 5.69 Å². The van der Waals surface area contributed by atoms with E-state index in [0.717, 1.165) is 11.1 Å². The van der Waals surface area contributed by atoms with Gasteiger partial charge in [0.2, 0.25) is 0 Å². The predicted octanol–water partition coefficient (Wildman–Crippen LogP) is 1.86. The number of hydrogen-bond acceptors (Lipinski definition) is 6. The van der Waals surface area contributed by atoms with Gasteiger partial charge in [-0.3, -0.25) is 19.1 Å². The van der Waals surface area contributed by atoms with E-state index in [2.05, 4.69) is 20.3 Å². The number of carbonyl (C=O) groups excluding carboxylic acids is 1. The first-order valence-electron chi connectivity index (χ1n) is 9.36. The van der Waals surface area contributed by atoms with Crippen molar-refractivity contribution < 1.29 is 14.7 Å². The van der Waals surface area contributed by atoms with Gasteiger partial charge in [-0.1, -0.05) is 18.2 Å². The van der Waals surface area contributed by atoms with Gasteiger partial charge < -0.3 is 10.4 Å². The fourth-order valence-electron chi connectivity index (χ4n) is 3.02. The molecule has 0 fully saturated rings. The quantitative estimate of drug-likeness (QED) is 0.492. The lowest BCUT2D eigenvalue weighted by molar-refractivity contribution is 0.0696. The lowest BCUT2D eigenvalue weighted by Crippen LogP contribution is -2.25. The molecule has 3 heterocycles. The topological polar surface area (TPSA) is 127 Å². The van der Waals surface area contributed by atoms with Crippen LogP contribution < -0.4 is 10.9 Å². The average Bonchev–Trinajstić information content (AvgIpc) is 2.80. The van der Waals surface area contributed by atoms with Gasteiger partial charge in [0.25, 0.3) is 11.5 Å². The number of pyridine rings is 2. The highest BCUT2D eigenvalue weighted by atomic mass is 16.4. The van der Waals surface area contributed by atoms with Crippen LogP contribution in [0.4, 0.5) is 0 Å². The van der Waals surface area contributed by atoms with Crippen LogP contribution in [0.15, 0.2) is 72.2 Å². The van der Waals surface area contributed by atoms with Crippen LogP contribution in [0.25, 0.3) is 10.9 Å². The van der Waals surface area contributed by atoms with E-state index in [4.69, 9.17) is 5.11 Å². The first kappa shape index (κ1) is 19.9. The molecule has 0 spiro atoms. The summed E-state index contributed by atoms with van der Waals surface area (Å²) in [6.45, 7) is 0.503. The molecule has 0 aliphatic heterocycles. The molecule has 0 bridgehead atoms. The summed E-state index contributed by atoms with van der Waals surface area (Å²) in [7, 11) is 0. The molecule has 0 radical (unpaired) electrons. The Morgan fingerprint density at radius 1 is 1.03 bits per heavy atom.